The maximum absolute atomic E-state index is 12.5. The van der Waals surface area contributed by atoms with Gasteiger partial charge in [0.1, 0.15) is 5.78 Å². The summed E-state index contributed by atoms with van der Waals surface area (Å²) in [5.74, 6) is 0.918. The first-order chi connectivity index (χ1) is 9.01. The van der Waals surface area contributed by atoms with Gasteiger partial charge in [0.15, 0.2) is 0 Å². The normalized spacial score (nSPS) is 23.6. The van der Waals surface area contributed by atoms with E-state index in [9.17, 15) is 4.79 Å². The van der Waals surface area contributed by atoms with Gasteiger partial charge in [-0.05, 0) is 36.4 Å². The maximum Gasteiger partial charge on any atom is 0.144 e. The van der Waals surface area contributed by atoms with Crippen molar-refractivity contribution in [3.8, 4) is 0 Å². The van der Waals surface area contributed by atoms with Crippen LogP contribution in [0, 0.1) is 5.41 Å². The molecule has 2 rings (SSSR count). The van der Waals surface area contributed by atoms with Gasteiger partial charge in [0.2, 0.25) is 0 Å². The van der Waals surface area contributed by atoms with E-state index >= 15 is 0 Å². The summed E-state index contributed by atoms with van der Waals surface area (Å²) in [6, 6.07) is 8.50. The van der Waals surface area contributed by atoms with Gasteiger partial charge in [0.25, 0.3) is 0 Å². The minimum absolute atomic E-state index is 0.172. The number of Topliss-reactive ketones (excluding diaryl/α,β-unsaturated/α-hetero) is 1. The van der Waals surface area contributed by atoms with Crippen LogP contribution in [-0.4, -0.2) is 18.9 Å². The molecule has 1 aliphatic rings. The zero-order valence-corrected chi connectivity index (χ0v) is 12.3. The van der Waals surface area contributed by atoms with Crippen molar-refractivity contribution in [2.75, 3.05) is 13.1 Å². The molecular weight excluding hydrogens is 234 g/mol. The first kappa shape index (κ1) is 14.3. The van der Waals surface area contributed by atoms with Gasteiger partial charge in [-0.15, -0.1) is 0 Å². The van der Waals surface area contributed by atoms with Crippen LogP contribution in [0.3, 0.4) is 0 Å². The molecule has 1 unspecified atom stereocenters. The Morgan fingerprint density at radius 3 is 2.53 bits per heavy atom. The van der Waals surface area contributed by atoms with E-state index < -0.39 is 0 Å². The number of nitrogens with one attached hydrogen (secondary N) is 1. The molecule has 0 saturated carbocycles. The highest BCUT2D eigenvalue weighted by Gasteiger charge is 2.33. The molecule has 1 aromatic rings. The van der Waals surface area contributed by atoms with Crippen LogP contribution >= 0.6 is 0 Å². The molecule has 2 heteroatoms. The monoisotopic (exact) mass is 259 g/mol. The van der Waals surface area contributed by atoms with E-state index in [1.54, 1.807) is 0 Å². The van der Waals surface area contributed by atoms with E-state index in [0.717, 1.165) is 31.5 Å². The average Bonchev–Trinajstić information content (AvgIpc) is 2.40. The van der Waals surface area contributed by atoms with E-state index in [1.807, 2.05) is 0 Å². The van der Waals surface area contributed by atoms with Crippen molar-refractivity contribution in [1.29, 1.82) is 0 Å². The molecular formula is C17H25NO. The van der Waals surface area contributed by atoms with Crippen LogP contribution in [0.25, 0.3) is 0 Å². The number of piperidine rings is 1. The van der Waals surface area contributed by atoms with Gasteiger partial charge < -0.3 is 5.32 Å². The summed E-state index contributed by atoms with van der Waals surface area (Å²) in [4.78, 5) is 12.5. The third kappa shape index (κ3) is 3.44. The molecule has 0 aliphatic carbocycles. The smallest absolute Gasteiger partial charge is 0.144 e. The number of hydrogen-bond donors (Lipinski definition) is 1. The molecule has 0 spiro atoms. The minimum atomic E-state index is -0.172. The Hall–Kier alpha value is -1.15. The lowest BCUT2D eigenvalue weighted by Gasteiger charge is -2.32. The van der Waals surface area contributed by atoms with Crippen LogP contribution in [-0.2, 0) is 11.2 Å². The molecule has 1 heterocycles. The summed E-state index contributed by atoms with van der Waals surface area (Å²) in [5, 5.41) is 3.35. The first-order valence-electron chi connectivity index (χ1n) is 7.34. The molecule has 0 radical (unpaired) electrons. The highest BCUT2D eigenvalue weighted by Crippen LogP contribution is 2.28. The second-order valence-electron chi connectivity index (χ2n) is 6.34. The Morgan fingerprint density at radius 1 is 1.32 bits per heavy atom. The minimum Gasteiger partial charge on any atom is -0.316 e. The number of benzene rings is 1. The van der Waals surface area contributed by atoms with Gasteiger partial charge in [0.05, 0.1) is 0 Å². The Labute approximate surface area is 116 Å². The molecule has 1 aromatic carbocycles. The van der Waals surface area contributed by atoms with Gasteiger partial charge in [-0.3, -0.25) is 4.79 Å². The zero-order chi connectivity index (χ0) is 13.9. The SMILES string of the molecule is CC(C)c1ccc(CC(=O)C2(C)CCCNC2)cc1. The maximum atomic E-state index is 12.5. The summed E-state index contributed by atoms with van der Waals surface area (Å²) in [5.41, 5.74) is 2.30. The summed E-state index contributed by atoms with van der Waals surface area (Å²) in [6.07, 6.45) is 2.69. The van der Waals surface area contributed by atoms with Crippen LogP contribution in [0.5, 0.6) is 0 Å². The highest BCUT2D eigenvalue weighted by atomic mass is 16.1. The largest absolute Gasteiger partial charge is 0.316 e. The van der Waals surface area contributed by atoms with Crippen molar-refractivity contribution in [3.05, 3.63) is 35.4 Å². The number of carbonyl (C=O) groups is 1. The predicted octanol–water partition coefficient (Wildman–Crippen LogP) is 3.31. The number of carbonyl (C=O) groups excluding carboxylic acids is 1. The van der Waals surface area contributed by atoms with Crippen LogP contribution in [0.2, 0.25) is 0 Å². The van der Waals surface area contributed by atoms with Gasteiger partial charge in [-0.1, -0.05) is 45.0 Å². The standard InChI is InChI=1S/C17H25NO/c1-13(2)15-7-5-14(6-8-15)11-16(19)17(3)9-4-10-18-12-17/h5-8,13,18H,4,9-12H2,1-3H3. The molecule has 0 amide bonds. The number of rotatable bonds is 4. The molecule has 1 aliphatic heterocycles. The molecule has 19 heavy (non-hydrogen) atoms. The second-order valence-corrected chi connectivity index (χ2v) is 6.34. The van der Waals surface area contributed by atoms with Crippen molar-refractivity contribution in [2.24, 2.45) is 5.41 Å². The molecule has 0 aromatic heterocycles. The first-order valence-corrected chi connectivity index (χ1v) is 7.34. The van der Waals surface area contributed by atoms with Gasteiger partial charge in [0, 0.05) is 18.4 Å². The fraction of sp³-hybridized carbons (Fsp3) is 0.588. The molecule has 1 N–H and O–H groups in total. The van der Waals surface area contributed by atoms with Crippen molar-refractivity contribution < 1.29 is 4.79 Å². The molecule has 104 valence electrons. The van der Waals surface area contributed by atoms with Gasteiger partial charge >= 0.3 is 0 Å². The van der Waals surface area contributed by atoms with E-state index in [4.69, 9.17) is 0 Å². The molecule has 1 fully saturated rings. The summed E-state index contributed by atoms with van der Waals surface area (Å²) in [7, 11) is 0. The predicted molar refractivity (Wildman–Crippen MR) is 79.5 cm³/mol. The van der Waals surface area contributed by atoms with E-state index in [1.165, 1.54) is 5.56 Å². The third-order valence-corrected chi connectivity index (χ3v) is 4.28. The number of hydrogen-bond acceptors (Lipinski definition) is 2. The van der Waals surface area contributed by atoms with Gasteiger partial charge in [-0.2, -0.15) is 0 Å². The van der Waals surface area contributed by atoms with Crippen LogP contribution in [0.4, 0.5) is 0 Å². The van der Waals surface area contributed by atoms with E-state index in [2.05, 4.69) is 50.4 Å². The topological polar surface area (TPSA) is 29.1 Å². The van der Waals surface area contributed by atoms with E-state index in [-0.39, 0.29) is 5.41 Å². The van der Waals surface area contributed by atoms with Crippen molar-refractivity contribution >= 4 is 5.78 Å². The van der Waals surface area contributed by atoms with Crippen molar-refractivity contribution in [2.45, 2.75) is 46.0 Å². The number of ketones is 1. The van der Waals surface area contributed by atoms with Crippen LogP contribution in [0.1, 0.15) is 50.7 Å². The van der Waals surface area contributed by atoms with Crippen molar-refractivity contribution in [3.63, 3.8) is 0 Å². The molecule has 2 nitrogen and oxygen atoms in total. The Bertz CT molecular complexity index is 427. The average molecular weight is 259 g/mol. The van der Waals surface area contributed by atoms with Crippen molar-refractivity contribution in [1.82, 2.24) is 5.32 Å². The molecule has 1 atom stereocenters. The summed E-state index contributed by atoms with van der Waals surface area (Å²) >= 11 is 0. The Balaban J connectivity index is 2.02. The summed E-state index contributed by atoms with van der Waals surface area (Å²) in [6.45, 7) is 8.36. The van der Waals surface area contributed by atoms with Crippen LogP contribution < -0.4 is 5.32 Å². The van der Waals surface area contributed by atoms with Gasteiger partial charge in [-0.25, -0.2) is 0 Å². The lowest BCUT2D eigenvalue weighted by molar-refractivity contribution is -0.128. The lowest BCUT2D eigenvalue weighted by Crippen LogP contribution is -2.44. The summed E-state index contributed by atoms with van der Waals surface area (Å²) < 4.78 is 0. The third-order valence-electron chi connectivity index (χ3n) is 4.28. The zero-order valence-electron chi connectivity index (χ0n) is 12.3. The van der Waals surface area contributed by atoms with E-state index in [0.29, 0.717) is 18.1 Å². The molecule has 0 bridgehead atoms. The lowest BCUT2D eigenvalue weighted by atomic mass is 9.77. The fourth-order valence-electron chi connectivity index (χ4n) is 2.71. The Morgan fingerprint density at radius 2 is 2.00 bits per heavy atom. The molecule has 1 saturated heterocycles. The Kier molecular flexibility index (Phi) is 4.41. The second kappa shape index (κ2) is 5.87. The fourth-order valence-corrected chi connectivity index (χ4v) is 2.71. The van der Waals surface area contributed by atoms with Crippen LogP contribution in [0.15, 0.2) is 24.3 Å². The quantitative estimate of drug-likeness (QED) is 0.898. The highest BCUT2D eigenvalue weighted by molar-refractivity contribution is 5.86.